The summed E-state index contributed by atoms with van der Waals surface area (Å²) >= 11 is 0. The zero-order chi connectivity index (χ0) is 25.8. The Kier molecular flexibility index (Phi) is 8.35. The highest BCUT2D eigenvalue weighted by Gasteiger charge is 2.43. The van der Waals surface area contributed by atoms with E-state index in [0.29, 0.717) is 6.42 Å². The van der Waals surface area contributed by atoms with Gasteiger partial charge in [0.1, 0.15) is 17.1 Å². The smallest absolute Gasteiger partial charge is 0.429 e. The molecule has 0 N–H and O–H groups in total. The zero-order valence-corrected chi connectivity index (χ0v) is 19.4. The lowest BCUT2D eigenvalue weighted by Gasteiger charge is -2.21. The van der Waals surface area contributed by atoms with Gasteiger partial charge in [0, 0.05) is 11.6 Å². The first-order chi connectivity index (χ1) is 16.6. The third kappa shape index (κ3) is 5.74. The molecular weight excluding hydrogens is 470 g/mol. The molecule has 3 aromatic carbocycles. The molecule has 0 saturated carbocycles. The van der Waals surface area contributed by atoms with Crippen LogP contribution in [0, 0.1) is 23.3 Å². The van der Waals surface area contributed by atoms with Gasteiger partial charge in [0.15, 0.2) is 23.2 Å². The molecule has 0 bridgehead atoms. The predicted molar refractivity (Wildman–Crippen MR) is 120 cm³/mol. The van der Waals surface area contributed by atoms with Crippen molar-refractivity contribution in [3.63, 3.8) is 0 Å². The first kappa shape index (κ1) is 26.4. The lowest BCUT2D eigenvalue weighted by molar-refractivity contribution is -0.189. The molecule has 0 amide bonds. The lowest BCUT2D eigenvalue weighted by Crippen LogP contribution is -2.25. The molecule has 187 valence electrons. The summed E-state index contributed by atoms with van der Waals surface area (Å²) in [5.74, 6) is -8.54. The molecule has 0 heterocycles. The average Bonchev–Trinajstić information content (AvgIpc) is 2.79. The number of benzene rings is 3. The van der Waals surface area contributed by atoms with E-state index in [2.05, 4.69) is 11.7 Å². The fourth-order valence-electron chi connectivity index (χ4n) is 3.86. The van der Waals surface area contributed by atoms with Crippen LogP contribution in [0.3, 0.4) is 0 Å². The number of hydrogen-bond donors (Lipinski definition) is 0. The van der Waals surface area contributed by atoms with E-state index in [4.69, 9.17) is 0 Å². The Morgan fingerprint density at radius 1 is 0.800 bits per heavy atom. The first-order valence-electron chi connectivity index (χ1n) is 11.4. The largest absolute Gasteiger partial charge is 0.432 e. The molecule has 0 aliphatic heterocycles. The van der Waals surface area contributed by atoms with Crippen molar-refractivity contribution in [3.8, 4) is 22.6 Å². The van der Waals surface area contributed by atoms with Gasteiger partial charge in [-0.15, -0.1) is 0 Å². The van der Waals surface area contributed by atoms with E-state index in [1.54, 1.807) is 19.1 Å². The minimum absolute atomic E-state index is 0.0178. The van der Waals surface area contributed by atoms with Crippen molar-refractivity contribution < 1.29 is 36.2 Å². The Morgan fingerprint density at radius 3 is 2.11 bits per heavy atom. The highest BCUT2D eigenvalue weighted by Crippen LogP contribution is 2.43. The van der Waals surface area contributed by atoms with Crippen LogP contribution in [0.5, 0.6) is 11.5 Å². The normalized spacial score (nSPS) is 11.7. The molecule has 2 nitrogen and oxygen atoms in total. The van der Waals surface area contributed by atoms with Crippen molar-refractivity contribution in [2.75, 3.05) is 0 Å². The van der Waals surface area contributed by atoms with Gasteiger partial charge in [0.05, 0.1) is 5.56 Å². The van der Waals surface area contributed by atoms with Crippen molar-refractivity contribution in [1.29, 1.82) is 0 Å². The number of alkyl halides is 2. The van der Waals surface area contributed by atoms with Gasteiger partial charge in [0.2, 0.25) is 0 Å². The van der Waals surface area contributed by atoms with Crippen LogP contribution < -0.4 is 4.74 Å². The van der Waals surface area contributed by atoms with E-state index in [1.807, 2.05) is 0 Å². The first-order valence-corrected chi connectivity index (χ1v) is 11.4. The summed E-state index contributed by atoms with van der Waals surface area (Å²) in [6, 6.07) is 7.78. The summed E-state index contributed by atoms with van der Waals surface area (Å²) in [6.45, 7) is 3.78. The number of halogens is 6. The van der Waals surface area contributed by atoms with E-state index in [0.717, 1.165) is 43.4 Å². The van der Waals surface area contributed by atoms with Gasteiger partial charge >= 0.3 is 6.11 Å². The fourth-order valence-corrected chi connectivity index (χ4v) is 3.86. The Labute approximate surface area is 200 Å². The second-order valence-corrected chi connectivity index (χ2v) is 8.29. The molecular formula is C27H25F6O2. The minimum Gasteiger partial charge on any atom is -0.429 e. The molecule has 0 aliphatic carbocycles. The molecule has 35 heavy (non-hydrogen) atoms. The quantitative estimate of drug-likeness (QED) is 0.204. The van der Waals surface area contributed by atoms with E-state index in [-0.39, 0.29) is 23.8 Å². The van der Waals surface area contributed by atoms with Crippen molar-refractivity contribution >= 4 is 0 Å². The molecule has 3 aromatic rings. The van der Waals surface area contributed by atoms with Gasteiger partial charge in [-0.25, -0.2) is 17.6 Å². The summed E-state index contributed by atoms with van der Waals surface area (Å²) in [5.41, 5.74) is -3.07. The van der Waals surface area contributed by atoms with Crippen LogP contribution in [0.25, 0.3) is 11.1 Å². The molecule has 1 radical (unpaired) electrons. The maximum Gasteiger partial charge on any atom is 0.432 e. The van der Waals surface area contributed by atoms with Crippen LogP contribution in [0.2, 0.25) is 0 Å². The summed E-state index contributed by atoms with van der Waals surface area (Å²) in [6.07, 6.45) is -0.190. The maximum absolute atomic E-state index is 15.2. The molecule has 0 aliphatic rings. The van der Waals surface area contributed by atoms with E-state index in [9.17, 15) is 27.1 Å². The van der Waals surface area contributed by atoms with Gasteiger partial charge in [-0.3, -0.25) is 5.11 Å². The summed E-state index contributed by atoms with van der Waals surface area (Å²) in [5, 5.41) is 12.3. The van der Waals surface area contributed by atoms with E-state index < -0.39 is 51.8 Å². The number of ether oxygens (including phenoxy) is 1. The average molecular weight is 495 g/mol. The van der Waals surface area contributed by atoms with Crippen LogP contribution in [-0.4, -0.2) is 0 Å². The Balaban J connectivity index is 1.98. The van der Waals surface area contributed by atoms with Crippen LogP contribution in [-0.2, 0) is 24.1 Å². The highest BCUT2D eigenvalue weighted by molar-refractivity contribution is 5.73. The monoisotopic (exact) mass is 495 g/mol. The maximum atomic E-state index is 15.2. The molecule has 0 atom stereocenters. The lowest BCUT2D eigenvalue weighted by atomic mass is 9.97. The van der Waals surface area contributed by atoms with E-state index >= 15 is 4.39 Å². The van der Waals surface area contributed by atoms with Crippen LogP contribution >= 0.6 is 0 Å². The second kappa shape index (κ2) is 11.1. The fraction of sp³-hybridized carbons (Fsp3) is 0.333. The molecule has 0 saturated heterocycles. The van der Waals surface area contributed by atoms with Gasteiger partial charge in [0.25, 0.3) is 0 Å². The molecule has 0 aromatic heterocycles. The Morgan fingerprint density at radius 2 is 1.49 bits per heavy atom. The van der Waals surface area contributed by atoms with E-state index in [1.165, 1.54) is 12.1 Å². The zero-order valence-electron chi connectivity index (χ0n) is 19.4. The predicted octanol–water partition coefficient (Wildman–Crippen LogP) is 8.87. The molecule has 0 spiro atoms. The van der Waals surface area contributed by atoms with Gasteiger partial charge in [-0.1, -0.05) is 57.4 Å². The topological polar surface area (TPSA) is 29.1 Å². The molecule has 0 fully saturated rings. The summed E-state index contributed by atoms with van der Waals surface area (Å²) < 4.78 is 93.1. The Hall–Kier alpha value is -3.16. The SMILES string of the molecule is CCCCCc1ccc(OC(F)(F)c2c(F)cc([O])c(-c3ccc(CCC)c(F)c3F)c2F)cc1. The van der Waals surface area contributed by atoms with Crippen molar-refractivity contribution in [3.05, 3.63) is 82.4 Å². The summed E-state index contributed by atoms with van der Waals surface area (Å²) in [4.78, 5) is 0. The molecule has 0 unspecified atom stereocenters. The summed E-state index contributed by atoms with van der Waals surface area (Å²) in [7, 11) is 0. The second-order valence-electron chi connectivity index (χ2n) is 8.29. The van der Waals surface area contributed by atoms with Crippen molar-refractivity contribution in [1.82, 2.24) is 0 Å². The Bertz CT molecular complexity index is 1180. The van der Waals surface area contributed by atoms with Gasteiger partial charge < -0.3 is 4.74 Å². The van der Waals surface area contributed by atoms with Crippen molar-refractivity contribution in [2.24, 2.45) is 0 Å². The molecule has 8 heteroatoms. The van der Waals surface area contributed by atoms with Gasteiger partial charge in [-0.05, 0) is 42.5 Å². The van der Waals surface area contributed by atoms with Crippen LogP contribution in [0.4, 0.5) is 26.3 Å². The third-order valence-electron chi connectivity index (χ3n) is 5.66. The number of aryl methyl sites for hydroxylation is 2. The molecule has 3 rings (SSSR count). The third-order valence-corrected chi connectivity index (χ3v) is 5.66. The highest BCUT2D eigenvalue weighted by atomic mass is 19.3. The van der Waals surface area contributed by atoms with Crippen LogP contribution in [0.15, 0.2) is 42.5 Å². The number of rotatable bonds is 10. The minimum atomic E-state index is -4.54. The van der Waals surface area contributed by atoms with Crippen LogP contribution in [0.1, 0.15) is 56.2 Å². The van der Waals surface area contributed by atoms with Crippen molar-refractivity contribution in [2.45, 2.75) is 58.5 Å². The van der Waals surface area contributed by atoms with Gasteiger partial charge in [-0.2, -0.15) is 8.78 Å². The standard InChI is InChI=1S/C27H25F6O2/c1-3-5-6-8-16-9-12-18(13-10-16)35-27(32,33)23-20(28)15-21(34)22(26(23)31)19-14-11-17(7-4-2)24(29)25(19)30/h9-15H,3-8H2,1-2H3. The number of unbranched alkanes of at least 4 members (excludes halogenated alkanes) is 2. The number of hydrogen-bond acceptors (Lipinski definition) is 1.